The summed E-state index contributed by atoms with van der Waals surface area (Å²) >= 11 is 3.43. The third-order valence-electron chi connectivity index (χ3n) is 2.68. The van der Waals surface area contributed by atoms with Gasteiger partial charge in [0.15, 0.2) is 11.5 Å². The van der Waals surface area contributed by atoms with Gasteiger partial charge in [-0.05, 0) is 47.1 Å². The molecule has 1 heterocycles. The lowest BCUT2D eigenvalue weighted by molar-refractivity contribution is 0.355. The maximum Gasteiger partial charge on any atom is 0.162 e. The summed E-state index contributed by atoms with van der Waals surface area (Å²) in [5, 5.41) is 3.23. The molecule has 0 atom stereocenters. The zero-order valence-corrected chi connectivity index (χ0v) is 12.6. The second-order valence-corrected chi connectivity index (χ2v) is 4.81. The molecule has 0 spiro atoms. The Hall–Kier alpha value is -1.75. The zero-order chi connectivity index (χ0) is 13.8. The lowest BCUT2D eigenvalue weighted by atomic mass is 10.2. The largest absolute Gasteiger partial charge is 0.493 e. The van der Waals surface area contributed by atoms with Crippen LogP contribution in [-0.2, 0) is 0 Å². The van der Waals surface area contributed by atoms with E-state index in [4.69, 9.17) is 9.47 Å². The minimum atomic E-state index is 0.682. The van der Waals surface area contributed by atoms with Crippen molar-refractivity contribution in [2.24, 2.45) is 0 Å². The van der Waals surface area contributed by atoms with E-state index in [-0.39, 0.29) is 0 Å². The summed E-state index contributed by atoms with van der Waals surface area (Å²) in [6, 6.07) is 9.52. The van der Waals surface area contributed by atoms with Gasteiger partial charge in [0.25, 0.3) is 0 Å². The van der Waals surface area contributed by atoms with Crippen molar-refractivity contribution in [2.45, 2.75) is 6.92 Å². The van der Waals surface area contributed by atoms with Gasteiger partial charge in [-0.25, -0.2) is 4.98 Å². The van der Waals surface area contributed by atoms with E-state index < -0.39 is 0 Å². The number of aryl methyl sites for hydroxylation is 1. The number of benzene rings is 1. The van der Waals surface area contributed by atoms with Crippen molar-refractivity contribution >= 4 is 27.4 Å². The van der Waals surface area contributed by atoms with Gasteiger partial charge in [-0.15, -0.1) is 0 Å². The smallest absolute Gasteiger partial charge is 0.162 e. The van der Waals surface area contributed by atoms with Crippen LogP contribution < -0.4 is 14.8 Å². The summed E-state index contributed by atoms with van der Waals surface area (Å²) < 4.78 is 11.5. The van der Waals surface area contributed by atoms with Crippen LogP contribution in [0.15, 0.2) is 34.8 Å². The van der Waals surface area contributed by atoms with Crippen molar-refractivity contribution in [3.63, 3.8) is 0 Å². The molecule has 0 bridgehead atoms. The molecule has 19 heavy (non-hydrogen) atoms. The fraction of sp³-hybridized carbons (Fsp3) is 0.214. The van der Waals surface area contributed by atoms with E-state index >= 15 is 0 Å². The highest BCUT2D eigenvalue weighted by Crippen LogP contribution is 2.31. The van der Waals surface area contributed by atoms with Crippen molar-refractivity contribution in [2.75, 3.05) is 19.5 Å². The van der Waals surface area contributed by atoms with Crippen LogP contribution in [-0.4, -0.2) is 19.2 Å². The van der Waals surface area contributed by atoms with Gasteiger partial charge < -0.3 is 14.8 Å². The number of ether oxygens (including phenoxy) is 2. The van der Waals surface area contributed by atoms with Crippen LogP contribution in [0.3, 0.4) is 0 Å². The van der Waals surface area contributed by atoms with E-state index in [1.807, 2.05) is 37.3 Å². The Bertz CT molecular complexity index is 588. The van der Waals surface area contributed by atoms with Gasteiger partial charge >= 0.3 is 0 Å². The average Bonchev–Trinajstić information content (AvgIpc) is 2.43. The highest BCUT2D eigenvalue weighted by atomic mass is 79.9. The number of halogens is 1. The lowest BCUT2D eigenvalue weighted by Gasteiger charge is -2.11. The number of hydrogen-bond acceptors (Lipinski definition) is 4. The molecule has 4 nitrogen and oxygen atoms in total. The van der Waals surface area contributed by atoms with Gasteiger partial charge in [-0.1, -0.05) is 0 Å². The summed E-state index contributed by atoms with van der Waals surface area (Å²) in [4.78, 5) is 4.44. The van der Waals surface area contributed by atoms with Crippen LogP contribution in [0.4, 0.5) is 11.5 Å². The normalized spacial score (nSPS) is 10.1. The summed E-state index contributed by atoms with van der Waals surface area (Å²) in [6.45, 7) is 1.95. The van der Waals surface area contributed by atoms with Crippen LogP contribution in [0.5, 0.6) is 11.5 Å². The topological polar surface area (TPSA) is 43.4 Å². The van der Waals surface area contributed by atoms with Crippen LogP contribution >= 0.6 is 15.9 Å². The maximum absolute atomic E-state index is 5.26. The summed E-state index contributed by atoms with van der Waals surface area (Å²) in [6.07, 6.45) is 0. The second-order valence-electron chi connectivity index (χ2n) is 3.96. The van der Waals surface area contributed by atoms with E-state index in [0.717, 1.165) is 21.7 Å². The number of methoxy groups -OCH3 is 2. The lowest BCUT2D eigenvalue weighted by Crippen LogP contribution is -1.97. The zero-order valence-electron chi connectivity index (χ0n) is 11.0. The minimum Gasteiger partial charge on any atom is -0.493 e. The Labute approximate surface area is 120 Å². The van der Waals surface area contributed by atoms with E-state index in [2.05, 4.69) is 26.2 Å². The van der Waals surface area contributed by atoms with Crippen molar-refractivity contribution in [1.82, 2.24) is 4.98 Å². The van der Waals surface area contributed by atoms with E-state index in [1.165, 1.54) is 0 Å². The Kier molecular flexibility index (Phi) is 4.27. The van der Waals surface area contributed by atoms with Crippen LogP contribution in [0.25, 0.3) is 0 Å². The van der Waals surface area contributed by atoms with Gasteiger partial charge in [-0.2, -0.15) is 0 Å². The Balaban J connectivity index is 2.25. The monoisotopic (exact) mass is 322 g/mol. The van der Waals surface area contributed by atoms with Crippen LogP contribution in [0.2, 0.25) is 0 Å². The average molecular weight is 323 g/mol. The molecule has 2 aromatic rings. The molecule has 0 amide bonds. The van der Waals surface area contributed by atoms with Crippen molar-refractivity contribution in [1.29, 1.82) is 0 Å². The molecule has 0 unspecified atom stereocenters. The molecule has 0 aliphatic carbocycles. The van der Waals surface area contributed by atoms with E-state index in [9.17, 15) is 0 Å². The predicted molar refractivity (Wildman–Crippen MR) is 79.5 cm³/mol. The van der Waals surface area contributed by atoms with Gasteiger partial charge in [-0.3, -0.25) is 0 Å². The van der Waals surface area contributed by atoms with E-state index in [1.54, 1.807) is 14.2 Å². The molecule has 0 fully saturated rings. The molecular formula is C14H15BrN2O2. The first-order valence-electron chi connectivity index (χ1n) is 5.76. The minimum absolute atomic E-state index is 0.682. The van der Waals surface area contributed by atoms with Crippen molar-refractivity contribution in [3.05, 3.63) is 40.5 Å². The van der Waals surface area contributed by atoms with Gasteiger partial charge in [0.05, 0.1) is 19.9 Å². The van der Waals surface area contributed by atoms with Crippen molar-refractivity contribution < 1.29 is 9.47 Å². The number of pyridine rings is 1. The molecule has 1 aromatic heterocycles. The van der Waals surface area contributed by atoms with Crippen LogP contribution in [0, 0.1) is 6.92 Å². The third-order valence-corrected chi connectivity index (χ3v) is 3.52. The molecule has 0 radical (unpaired) electrons. The van der Waals surface area contributed by atoms with Gasteiger partial charge in [0.2, 0.25) is 0 Å². The first kappa shape index (κ1) is 13.7. The Morgan fingerprint density at radius 2 is 1.79 bits per heavy atom. The highest BCUT2D eigenvalue weighted by Gasteiger charge is 2.05. The molecule has 0 saturated heterocycles. The molecule has 0 saturated carbocycles. The molecule has 2 rings (SSSR count). The van der Waals surface area contributed by atoms with Crippen LogP contribution in [0.1, 0.15) is 5.69 Å². The fourth-order valence-electron chi connectivity index (χ4n) is 1.68. The molecule has 1 aromatic carbocycles. The molecule has 0 aliphatic heterocycles. The Morgan fingerprint density at radius 1 is 1.05 bits per heavy atom. The standard InChI is InChI=1S/C14H15BrN2O2/c1-9-11(15)5-7-14(16-9)17-10-4-6-12(18-2)13(8-10)19-3/h4-8H,1-3H3,(H,16,17). The summed E-state index contributed by atoms with van der Waals surface area (Å²) in [5.41, 5.74) is 1.83. The molecule has 0 aliphatic rings. The number of nitrogens with zero attached hydrogens (tertiary/aromatic N) is 1. The summed E-state index contributed by atoms with van der Waals surface area (Å²) in [5.74, 6) is 2.17. The second kappa shape index (κ2) is 5.93. The van der Waals surface area contributed by atoms with E-state index in [0.29, 0.717) is 11.5 Å². The first-order chi connectivity index (χ1) is 9.13. The highest BCUT2D eigenvalue weighted by molar-refractivity contribution is 9.10. The number of rotatable bonds is 4. The predicted octanol–water partition coefficient (Wildman–Crippen LogP) is 3.91. The molecular weight excluding hydrogens is 308 g/mol. The summed E-state index contributed by atoms with van der Waals surface area (Å²) in [7, 11) is 3.23. The maximum atomic E-state index is 5.26. The number of aromatic nitrogens is 1. The van der Waals surface area contributed by atoms with Gasteiger partial charge in [0.1, 0.15) is 5.82 Å². The fourth-order valence-corrected chi connectivity index (χ4v) is 1.90. The third kappa shape index (κ3) is 3.17. The molecule has 100 valence electrons. The number of hydrogen-bond donors (Lipinski definition) is 1. The number of anilines is 2. The SMILES string of the molecule is COc1ccc(Nc2ccc(Br)c(C)n2)cc1OC. The van der Waals surface area contributed by atoms with Gasteiger partial charge in [0, 0.05) is 16.2 Å². The van der Waals surface area contributed by atoms with Crippen molar-refractivity contribution in [3.8, 4) is 11.5 Å². The number of nitrogens with one attached hydrogen (secondary N) is 1. The first-order valence-corrected chi connectivity index (χ1v) is 6.55. The Morgan fingerprint density at radius 3 is 2.42 bits per heavy atom. The molecule has 1 N–H and O–H groups in total. The molecule has 5 heteroatoms. The quantitative estimate of drug-likeness (QED) is 0.926.